The molecule has 0 amide bonds. The molecule has 2 atom stereocenters. The summed E-state index contributed by atoms with van der Waals surface area (Å²) in [7, 11) is -0.617. The van der Waals surface area contributed by atoms with Gasteiger partial charge in [0.1, 0.15) is 23.4 Å². The Labute approximate surface area is 217 Å². The molecule has 0 radical (unpaired) electrons. The molecule has 0 aliphatic heterocycles. The highest BCUT2D eigenvalue weighted by Crippen LogP contribution is 2.47. The lowest BCUT2D eigenvalue weighted by Crippen LogP contribution is -2.33. The number of nitrogens with zero attached hydrogens (tertiary/aromatic N) is 6. The second kappa shape index (κ2) is 10.8. The van der Waals surface area contributed by atoms with Gasteiger partial charge in [-0.3, -0.25) is 0 Å². The Hall–Kier alpha value is -2.96. The molecule has 0 unspecified atom stereocenters. The maximum atomic E-state index is 13.8. The first kappa shape index (κ1) is 27.1. The zero-order valence-electron chi connectivity index (χ0n) is 22.1. The Kier molecular flexibility index (Phi) is 7.91. The largest absolute Gasteiger partial charge is 0.481 e. The van der Waals surface area contributed by atoms with E-state index in [9.17, 15) is 8.42 Å². The Balaban J connectivity index is 1.72. The topological polar surface area (TPSA) is 131 Å². The van der Waals surface area contributed by atoms with Gasteiger partial charge in [0.25, 0.3) is 0 Å². The van der Waals surface area contributed by atoms with Gasteiger partial charge in [-0.25, -0.2) is 23.4 Å². The Morgan fingerprint density at radius 3 is 2.38 bits per heavy atom. The maximum absolute atomic E-state index is 13.8. The van der Waals surface area contributed by atoms with Gasteiger partial charge in [-0.2, -0.15) is 0 Å². The summed E-state index contributed by atoms with van der Waals surface area (Å²) in [6, 6.07) is 5.35. The average Bonchev–Trinajstić information content (AvgIpc) is 3.52. The van der Waals surface area contributed by atoms with Crippen LogP contribution in [0.25, 0.3) is 11.5 Å². The molecule has 37 heavy (non-hydrogen) atoms. The molecule has 3 heterocycles. The van der Waals surface area contributed by atoms with E-state index >= 15 is 0 Å². The Bertz CT molecular complexity index is 1320. The molecule has 1 fully saturated rings. The zero-order valence-corrected chi connectivity index (χ0v) is 22.9. The molecule has 1 aliphatic rings. The number of pyridine rings is 1. The summed E-state index contributed by atoms with van der Waals surface area (Å²) in [5.41, 5.74) is 0.988. The summed E-state index contributed by atoms with van der Waals surface area (Å²) in [6.45, 7) is 7.61. The maximum Gasteiger partial charge on any atom is 0.213 e. The van der Waals surface area contributed by atoms with Crippen molar-refractivity contribution < 1.29 is 22.6 Å². The van der Waals surface area contributed by atoms with Gasteiger partial charge < -0.3 is 18.8 Å². The van der Waals surface area contributed by atoms with Crippen molar-refractivity contribution in [2.24, 2.45) is 0 Å². The van der Waals surface area contributed by atoms with Crippen LogP contribution in [0.5, 0.6) is 5.88 Å². The number of methoxy groups -OCH3 is 2. The normalized spacial score (nSPS) is 16.5. The fourth-order valence-corrected chi connectivity index (χ4v) is 5.67. The predicted molar refractivity (Wildman–Crippen MR) is 137 cm³/mol. The van der Waals surface area contributed by atoms with Gasteiger partial charge in [-0.15, -0.1) is 10.2 Å². The number of aryl methyl sites for hydroxylation is 1. The minimum absolute atomic E-state index is 0.224. The third kappa shape index (κ3) is 5.81. The van der Waals surface area contributed by atoms with Crippen molar-refractivity contribution in [3.05, 3.63) is 47.8 Å². The van der Waals surface area contributed by atoms with Gasteiger partial charge in [0.05, 0.1) is 30.6 Å². The summed E-state index contributed by atoms with van der Waals surface area (Å²) < 4.78 is 46.2. The molecule has 1 saturated carbocycles. The van der Waals surface area contributed by atoms with Crippen molar-refractivity contribution >= 4 is 9.84 Å². The SMILES string of the molecule is COCC1(n2c(CS(=O)(=O)[C@@H](C)[C@@H](OC(C)C)c3ncc(C)cn3)nnc2-c2cccc(OC)n2)CC1. The van der Waals surface area contributed by atoms with Crippen LogP contribution in [0.1, 0.15) is 56.9 Å². The lowest BCUT2D eigenvalue weighted by Gasteiger charge is -2.26. The van der Waals surface area contributed by atoms with Gasteiger partial charge in [0.15, 0.2) is 21.5 Å². The highest BCUT2D eigenvalue weighted by atomic mass is 32.2. The molecule has 12 heteroatoms. The van der Waals surface area contributed by atoms with Crippen molar-refractivity contribution in [1.29, 1.82) is 0 Å². The molecule has 1 aliphatic carbocycles. The molecule has 3 aromatic heterocycles. The van der Waals surface area contributed by atoms with Gasteiger partial charge >= 0.3 is 0 Å². The molecule has 0 saturated heterocycles. The van der Waals surface area contributed by atoms with E-state index in [4.69, 9.17) is 14.2 Å². The summed E-state index contributed by atoms with van der Waals surface area (Å²) in [4.78, 5) is 13.2. The standard InChI is InChI=1S/C25H34N6O5S/c1-16(2)36-22(23-26-12-17(3)13-27-23)18(4)37(32,33)14-20-29-30-24(19-8-7-9-21(28-19)35-6)31(20)25(10-11-25)15-34-5/h7-9,12-13,16,18,22H,10-11,14-15H2,1-6H3/t18-,22+/m0/s1. The van der Waals surface area contributed by atoms with Gasteiger partial charge in [-0.1, -0.05) is 6.07 Å². The van der Waals surface area contributed by atoms with Crippen molar-refractivity contribution in [3.8, 4) is 17.4 Å². The Morgan fingerprint density at radius 1 is 1.08 bits per heavy atom. The van der Waals surface area contributed by atoms with Crippen molar-refractivity contribution in [3.63, 3.8) is 0 Å². The van der Waals surface area contributed by atoms with Crippen LogP contribution in [-0.4, -0.2) is 70.3 Å². The number of rotatable bonds is 12. The summed E-state index contributed by atoms with van der Waals surface area (Å²) in [6.07, 6.45) is 3.88. The third-order valence-electron chi connectivity index (χ3n) is 6.40. The number of ether oxygens (including phenoxy) is 3. The van der Waals surface area contributed by atoms with E-state index in [2.05, 4.69) is 25.1 Å². The molecule has 0 bridgehead atoms. The first-order valence-corrected chi connectivity index (χ1v) is 13.9. The van der Waals surface area contributed by atoms with E-state index in [0.717, 1.165) is 18.4 Å². The van der Waals surface area contributed by atoms with Crippen LogP contribution in [0, 0.1) is 6.92 Å². The zero-order chi connectivity index (χ0) is 26.8. The van der Waals surface area contributed by atoms with Crippen molar-refractivity contribution in [2.75, 3.05) is 20.8 Å². The van der Waals surface area contributed by atoms with E-state index in [-0.39, 0.29) is 11.9 Å². The van der Waals surface area contributed by atoms with E-state index in [1.54, 1.807) is 38.6 Å². The average molecular weight is 531 g/mol. The fraction of sp³-hybridized carbons (Fsp3) is 0.560. The van der Waals surface area contributed by atoms with Gasteiger partial charge in [0, 0.05) is 25.6 Å². The summed E-state index contributed by atoms with van der Waals surface area (Å²) in [5, 5.41) is 7.78. The van der Waals surface area contributed by atoms with Crippen LogP contribution < -0.4 is 4.74 Å². The van der Waals surface area contributed by atoms with Gasteiger partial charge in [-0.05, 0) is 52.2 Å². The first-order valence-electron chi connectivity index (χ1n) is 12.2. The molecule has 200 valence electrons. The lowest BCUT2D eigenvalue weighted by molar-refractivity contribution is 0.00140. The van der Waals surface area contributed by atoms with E-state index < -0.39 is 26.7 Å². The van der Waals surface area contributed by atoms with Crippen LogP contribution >= 0.6 is 0 Å². The van der Waals surface area contributed by atoms with E-state index in [0.29, 0.717) is 35.7 Å². The number of hydrogen-bond acceptors (Lipinski definition) is 10. The monoisotopic (exact) mass is 530 g/mol. The van der Waals surface area contributed by atoms with Crippen LogP contribution in [0.3, 0.4) is 0 Å². The van der Waals surface area contributed by atoms with Gasteiger partial charge in [0.2, 0.25) is 5.88 Å². The Morgan fingerprint density at radius 2 is 1.78 bits per heavy atom. The van der Waals surface area contributed by atoms with Crippen LogP contribution in [0.15, 0.2) is 30.6 Å². The lowest BCUT2D eigenvalue weighted by atomic mass is 10.2. The molecular formula is C25H34N6O5S. The van der Waals surface area contributed by atoms with Crippen molar-refractivity contribution in [2.45, 2.75) is 69.3 Å². The molecular weight excluding hydrogens is 496 g/mol. The minimum atomic E-state index is -3.78. The van der Waals surface area contributed by atoms with Crippen molar-refractivity contribution in [1.82, 2.24) is 29.7 Å². The highest BCUT2D eigenvalue weighted by Gasteiger charge is 2.49. The quantitative estimate of drug-likeness (QED) is 0.344. The second-order valence-electron chi connectivity index (χ2n) is 9.73. The number of aromatic nitrogens is 6. The minimum Gasteiger partial charge on any atom is -0.481 e. The van der Waals surface area contributed by atoms with Crippen LogP contribution in [-0.2, 0) is 30.6 Å². The van der Waals surface area contributed by atoms with Crippen LogP contribution in [0.2, 0.25) is 0 Å². The van der Waals surface area contributed by atoms with E-state index in [1.165, 1.54) is 7.11 Å². The molecule has 0 spiro atoms. The number of sulfone groups is 1. The third-order valence-corrected chi connectivity index (χ3v) is 8.44. The fourth-order valence-electron chi connectivity index (χ4n) is 4.30. The molecule has 3 aromatic rings. The first-order chi connectivity index (χ1) is 17.6. The highest BCUT2D eigenvalue weighted by molar-refractivity contribution is 7.91. The molecule has 0 N–H and O–H groups in total. The molecule has 4 rings (SSSR count). The molecule has 11 nitrogen and oxygen atoms in total. The second-order valence-corrected chi connectivity index (χ2v) is 12.1. The summed E-state index contributed by atoms with van der Waals surface area (Å²) >= 11 is 0. The predicted octanol–water partition coefficient (Wildman–Crippen LogP) is 3.05. The summed E-state index contributed by atoms with van der Waals surface area (Å²) in [5.74, 6) is 1.23. The van der Waals surface area contributed by atoms with E-state index in [1.807, 2.05) is 31.4 Å². The van der Waals surface area contributed by atoms with Crippen LogP contribution in [0.4, 0.5) is 0 Å². The smallest absolute Gasteiger partial charge is 0.213 e. The number of hydrogen-bond donors (Lipinski definition) is 0. The molecule has 0 aromatic carbocycles.